The summed E-state index contributed by atoms with van der Waals surface area (Å²) < 4.78 is 13.0. The van der Waals surface area contributed by atoms with Crippen LogP contribution in [0.15, 0.2) is 99.2 Å². The number of rotatable bonds is 7. The lowest BCUT2D eigenvalue weighted by atomic mass is 10.0. The second-order valence-electron chi connectivity index (χ2n) is 9.71. The molecule has 5 aromatic rings. The molecule has 0 aliphatic carbocycles. The number of non-ortho nitro benzene ring substituents is 1. The van der Waals surface area contributed by atoms with E-state index in [4.69, 9.17) is 9.47 Å². The molecule has 1 aliphatic heterocycles. The largest absolute Gasteiger partial charge is 0.463 e. The summed E-state index contributed by atoms with van der Waals surface area (Å²) in [5, 5.41) is 14.5. The highest BCUT2D eigenvalue weighted by molar-refractivity contribution is 7.10. The molecule has 6 rings (SSSR count). The molecule has 0 saturated carbocycles. The van der Waals surface area contributed by atoms with Gasteiger partial charge in [-0.1, -0.05) is 47.7 Å². The first-order chi connectivity index (χ1) is 21.3. The van der Waals surface area contributed by atoms with Gasteiger partial charge in [0.15, 0.2) is 4.80 Å². The maximum absolute atomic E-state index is 14.1. The van der Waals surface area contributed by atoms with E-state index in [1.807, 2.05) is 41.8 Å². The van der Waals surface area contributed by atoms with Crippen LogP contribution in [0.3, 0.4) is 0 Å². The van der Waals surface area contributed by atoms with E-state index >= 15 is 0 Å². The third-order valence-electron chi connectivity index (χ3n) is 7.05. The number of ether oxygens (including phenoxy) is 2. The Hall–Kier alpha value is -5.20. The van der Waals surface area contributed by atoms with Crippen molar-refractivity contribution < 1.29 is 24.0 Å². The first-order valence-electron chi connectivity index (χ1n) is 13.5. The summed E-state index contributed by atoms with van der Waals surface area (Å²) in [6.45, 7) is 3.63. The van der Waals surface area contributed by atoms with Crippen LogP contribution in [0.5, 0.6) is 5.75 Å². The predicted octanol–water partition coefficient (Wildman–Crippen LogP) is 5.14. The number of thiazole rings is 1. The highest BCUT2D eigenvalue weighted by atomic mass is 32.1. The molecule has 3 aromatic carbocycles. The Morgan fingerprint density at radius 3 is 2.52 bits per heavy atom. The number of thiophene rings is 1. The molecular formula is C32H23N3O7S2. The molecule has 0 amide bonds. The number of fused-ring (bicyclic) bond motifs is 2. The quantitative estimate of drug-likeness (QED) is 0.106. The second kappa shape index (κ2) is 11.8. The summed E-state index contributed by atoms with van der Waals surface area (Å²) in [6, 6.07) is 19.1. The monoisotopic (exact) mass is 625 g/mol. The molecule has 220 valence electrons. The maximum Gasteiger partial charge on any atom is 0.343 e. The average Bonchev–Trinajstić information content (AvgIpc) is 3.66. The lowest BCUT2D eigenvalue weighted by Crippen LogP contribution is -2.39. The minimum Gasteiger partial charge on any atom is -0.463 e. The molecule has 12 heteroatoms. The van der Waals surface area contributed by atoms with Crippen LogP contribution in [0.25, 0.3) is 16.8 Å². The molecule has 44 heavy (non-hydrogen) atoms. The van der Waals surface area contributed by atoms with Gasteiger partial charge in [0.1, 0.15) is 11.8 Å². The van der Waals surface area contributed by atoms with Crippen LogP contribution in [0.4, 0.5) is 5.69 Å². The van der Waals surface area contributed by atoms with Gasteiger partial charge in [-0.2, -0.15) is 0 Å². The molecule has 0 fully saturated rings. The molecule has 0 radical (unpaired) electrons. The van der Waals surface area contributed by atoms with Gasteiger partial charge in [0.25, 0.3) is 11.2 Å². The van der Waals surface area contributed by atoms with Crippen molar-refractivity contribution in [3.63, 3.8) is 0 Å². The minimum atomic E-state index is -0.710. The Morgan fingerprint density at radius 2 is 1.82 bits per heavy atom. The first-order valence-corrected chi connectivity index (χ1v) is 15.2. The Labute approximate surface area is 257 Å². The van der Waals surface area contributed by atoms with E-state index in [-0.39, 0.29) is 29.2 Å². The van der Waals surface area contributed by atoms with Crippen LogP contribution in [-0.4, -0.2) is 28.0 Å². The fourth-order valence-corrected chi connectivity index (χ4v) is 6.88. The fraction of sp³-hybridized carbons (Fsp3) is 0.125. The zero-order valence-electron chi connectivity index (χ0n) is 23.4. The SMILES string of the molecule is CCOC(=O)C1=C(C)N=c2s/c(=C\c3c(OC(=O)c4ccc([N+](=O)[O-])cc4)ccc4ccccc34)c(=O)n2[C@@H]1c1cccs1. The summed E-state index contributed by atoms with van der Waals surface area (Å²) in [4.78, 5) is 56.5. The van der Waals surface area contributed by atoms with Crippen LogP contribution >= 0.6 is 22.7 Å². The summed E-state index contributed by atoms with van der Waals surface area (Å²) >= 11 is 2.59. The number of carbonyl (C=O) groups excluding carboxylic acids is 2. The van der Waals surface area contributed by atoms with E-state index < -0.39 is 22.9 Å². The molecule has 1 atom stereocenters. The second-order valence-corrected chi connectivity index (χ2v) is 11.7. The van der Waals surface area contributed by atoms with E-state index in [1.165, 1.54) is 51.5 Å². The molecule has 2 aromatic heterocycles. The Bertz CT molecular complexity index is 2160. The topological polar surface area (TPSA) is 130 Å². The van der Waals surface area contributed by atoms with Crippen LogP contribution in [0.2, 0.25) is 0 Å². The molecule has 0 saturated heterocycles. The molecule has 3 heterocycles. The lowest BCUT2D eigenvalue weighted by molar-refractivity contribution is -0.384. The third kappa shape index (κ3) is 5.25. The fourth-order valence-electron chi connectivity index (χ4n) is 5.03. The average molecular weight is 626 g/mol. The first kappa shape index (κ1) is 28.9. The van der Waals surface area contributed by atoms with E-state index in [1.54, 1.807) is 32.1 Å². The number of hydrogen-bond donors (Lipinski definition) is 0. The number of carbonyl (C=O) groups is 2. The van der Waals surface area contributed by atoms with Crippen molar-refractivity contribution in [1.82, 2.24) is 4.57 Å². The van der Waals surface area contributed by atoms with Crippen molar-refractivity contribution >= 4 is 57.1 Å². The molecule has 1 aliphatic rings. The Kier molecular flexibility index (Phi) is 7.77. The predicted molar refractivity (Wildman–Crippen MR) is 167 cm³/mol. The molecule has 0 spiro atoms. The van der Waals surface area contributed by atoms with Gasteiger partial charge in [0, 0.05) is 22.6 Å². The summed E-state index contributed by atoms with van der Waals surface area (Å²) in [5.41, 5.74) is 0.894. The van der Waals surface area contributed by atoms with Gasteiger partial charge in [-0.3, -0.25) is 19.5 Å². The normalized spacial score (nSPS) is 14.7. The highest BCUT2D eigenvalue weighted by Gasteiger charge is 2.34. The van der Waals surface area contributed by atoms with Gasteiger partial charge in [-0.15, -0.1) is 11.3 Å². The van der Waals surface area contributed by atoms with Crippen molar-refractivity contribution in [1.29, 1.82) is 0 Å². The number of allylic oxidation sites excluding steroid dienone is 1. The Morgan fingerprint density at radius 1 is 1.05 bits per heavy atom. The van der Waals surface area contributed by atoms with Gasteiger partial charge >= 0.3 is 11.9 Å². The summed E-state index contributed by atoms with van der Waals surface area (Å²) in [6.07, 6.45) is 1.67. The minimum absolute atomic E-state index is 0.131. The number of nitrogens with zero attached hydrogens (tertiary/aromatic N) is 3. The van der Waals surface area contributed by atoms with Crippen molar-refractivity contribution in [3.8, 4) is 5.75 Å². The number of nitro groups is 1. The van der Waals surface area contributed by atoms with Crippen molar-refractivity contribution in [3.05, 3.63) is 135 Å². The van der Waals surface area contributed by atoms with Gasteiger partial charge < -0.3 is 9.47 Å². The number of hydrogen-bond acceptors (Lipinski definition) is 10. The highest BCUT2D eigenvalue weighted by Crippen LogP contribution is 2.34. The lowest BCUT2D eigenvalue weighted by Gasteiger charge is -2.23. The van der Waals surface area contributed by atoms with Crippen molar-refractivity contribution in [2.45, 2.75) is 19.9 Å². The van der Waals surface area contributed by atoms with Gasteiger partial charge in [-0.25, -0.2) is 14.6 Å². The number of benzene rings is 3. The van der Waals surface area contributed by atoms with Crippen molar-refractivity contribution in [2.24, 2.45) is 4.99 Å². The van der Waals surface area contributed by atoms with Gasteiger partial charge in [0.05, 0.1) is 32.9 Å². The maximum atomic E-state index is 14.1. The zero-order valence-corrected chi connectivity index (χ0v) is 25.0. The van der Waals surface area contributed by atoms with Crippen molar-refractivity contribution in [2.75, 3.05) is 6.61 Å². The molecule has 0 unspecified atom stereocenters. The van der Waals surface area contributed by atoms with Crippen LogP contribution in [-0.2, 0) is 9.53 Å². The van der Waals surface area contributed by atoms with E-state index in [2.05, 4.69) is 4.99 Å². The molecule has 10 nitrogen and oxygen atoms in total. The number of nitro benzene ring substituents is 1. The molecule has 0 bridgehead atoms. The zero-order chi connectivity index (χ0) is 31.0. The summed E-state index contributed by atoms with van der Waals surface area (Å²) in [5.74, 6) is -1.04. The molecular weight excluding hydrogens is 603 g/mol. The van der Waals surface area contributed by atoms with Crippen LogP contribution < -0.4 is 19.6 Å². The Balaban J connectivity index is 1.50. The van der Waals surface area contributed by atoms with E-state index in [0.717, 1.165) is 15.6 Å². The number of aromatic nitrogens is 1. The third-order valence-corrected chi connectivity index (χ3v) is 8.96. The van der Waals surface area contributed by atoms with Crippen LogP contribution in [0, 0.1) is 10.1 Å². The smallest absolute Gasteiger partial charge is 0.343 e. The van der Waals surface area contributed by atoms with E-state index in [9.17, 15) is 24.5 Å². The van der Waals surface area contributed by atoms with Crippen LogP contribution in [0.1, 0.15) is 40.7 Å². The van der Waals surface area contributed by atoms with Gasteiger partial charge in [-0.05, 0) is 60.3 Å². The van der Waals surface area contributed by atoms with Gasteiger partial charge in [0.2, 0.25) is 0 Å². The number of esters is 2. The molecule has 0 N–H and O–H groups in total. The summed E-state index contributed by atoms with van der Waals surface area (Å²) in [7, 11) is 0. The van der Waals surface area contributed by atoms with E-state index in [0.29, 0.717) is 26.2 Å². The standard InChI is InChI=1S/C32H23N3O7S2/c1-3-41-31(38)27-18(2)33-32-34(28(27)25-9-6-16-43-25)29(36)26(44-32)17-23-22-8-5-4-7-19(22)12-15-24(23)42-30(37)20-10-13-21(14-11-20)35(39)40/h4-17,28H,3H2,1-2H3/b26-17-/t28-/m1/s1.